The van der Waals surface area contributed by atoms with E-state index in [1.165, 1.54) is 10.4 Å². The number of thiophene rings is 1. The van der Waals surface area contributed by atoms with Crippen molar-refractivity contribution in [1.29, 1.82) is 0 Å². The molecule has 1 amide bonds. The van der Waals surface area contributed by atoms with Gasteiger partial charge in [-0.1, -0.05) is 20.2 Å². The summed E-state index contributed by atoms with van der Waals surface area (Å²) in [5, 5.41) is 2.21. The van der Waals surface area contributed by atoms with Crippen LogP contribution in [0.3, 0.4) is 0 Å². The van der Waals surface area contributed by atoms with Crippen LogP contribution in [0, 0.1) is 18.8 Å². The van der Waals surface area contributed by atoms with Crippen molar-refractivity contribution in [2.75, 3.05) is 6.54 Å². The molecule has 20 heavy (non-hydrogen) atoms. The average Bonchev–Trinajstić information content (AvgIpc) is 2.92. The van der Waals surface area contributed by atoms with E-state index in [9.17, 15) is 4.79 Å². The first-order valence-corrected chi connectivity index (χ1v) is 8.47. The molecule has 0 bridgehead atoms. The minimum Gasteiger partial charge on any atom is -0.340 e. The molecule has 1 aromatic rings. The summed E-state index contributed by atoms with van der Waals surface area (Å²) < 4.78 is 0. The van der Waals surface area contributed by atoms with Crippen molar-refractivity contribution >= 4 is 25.1 Å². The average molecular weight is 289 g/mol. The Morgan fingerprint density at radius 2 is 2.15 bits per heavy atom. The number of hydrogen-bond acceptors (Lipinski definition) is 2. The molecule has 2 rings (SSSR count). The first-order chi connectivity index (χ1) is 9.54. The number of carbonyl (C=O) groups is 1. The first kappa shape index (κ1) is 15.6. The van der Waals surface area contributed by atoms with Crippen LogP contribution in [0.1, 0.15) is 37.1 Å². The normalized spacial score (nSPS) is 26.4. The van der Waals surface area contributed by atoms with Crippen LogP contribution in [0.2, 0.25) is 6.32 Å². The van der Waals surface area contributed by atoms with E-state index in [0.717, 1.165) is 19.3 Å². The highest BCUT2D eigenvalue weighted by Crippen LogP contribution is 2.33. The first-order valence-electron chi connectivity index (χ1n) is 7.59. The maximum atomic E-state index is 12.2. The van der Waals surface area contributed by atoms with Gasteiger partial charge in [0.25, 0.3) is 0 Å². The zero-order valence-corrected chi connectivity index (χ0v) is 13.6. The second-order valence-corrected chi connectivity index (χ2v) is 7.01. The Hall–Kier alpha value is -0.765. The molecule has 2 heterocycles. The third-order valence-electron chi connectivity index (χ3n) is 4.55. The maximum Gasteiger partial charge on any atom is 0.225 e. The maximum absolute atomic E-state index is 12.2. The van der Waals surface area contributed by atoms with Crippen LogP contribution in [0.15, 0.2) is 11.4 Å². The zero-order chi connectivity index (χ0) is 14.7. The van der Waals surface area contributed by atoms with Crippen molar-refractivity contribution in [2.24, 2.45) is 11.8 Å². The minimum atomic E-state index is 0.149. The Kier molecular flexibility index (Phi) is 5.31. The van der Waals surface area contributed by atoms with Crippen molar-refractivity contribution in [3.63, 3.8) is 0 Å². The molecule has 0 saturated carbocycles. The predicted octanol–water partition coefficient (Wildman–Crippen LogP) is 3.45. The Bertz CT molecular complexity index is 459. The Morgan fingerprint density at radius 1 is 1.40 bits per heavy atom. The van der Waals surface area contributed by atoms with E-state index in [0.29, 0.717) is 30.7 Å². The molecule has 3 unspecified atom stereocenters. The quantitative estimate of drug-likeness (QED) is 0.735. The number of carbonyl (C=O) groups excluding carboxylic acids is 1. The largest absolute Gasteiger partial charge is 0.340 e. The molecule has 4 heteroatoms. The van der Waals surface area contributed by atoms with Crippen LogP contribution in [-0.2, 0) is 11.2 Å². The SMILES string of the molecule is [B]CCN1C(=O)C(C)C(C)C1CCCc1cc(C)cs1. The lowest BCUT2D eigenvalue weighted by Crippen LogP contribution is -2.35. The number of amides is 1. The molecule has 1 saturated heterocycles. The molecule has 0 spiro atoms. The minimum absolute atomic E-state index is 0.149. The van der Waals surface area contributed by atoms with Gasteiger partial charge in [-0.2, -0.15) is 0 Å². The fourth-order valence-electron chi connectivity index (χ4n) is 3.21. The Morgan fingerprint density at radius 3 is 2.75 bits per heavy atom. The highest BCUT2D eigenvalue weighted by molar-refractivity contribution is 7.10. The molecule has 0 aromatic carbocycles. The number of hydrogen-bond donors (Lipinski definition) is 0. The van der Waals surface area contributed by atoms with Crippen LogP contribution in [-0.4, -0.2) is 31.2 Å². The van der Waals surface area contributed by atoms with Gasteiger partial charge in [-0.05, 0) is 49.1 Å². The number of nitrogens with zero attached hydrogens (tertiary/aromatic N) is 1. The number of likely N-dealkylation sites (tertiary alicyclic amines) is 1. The van der Waals surface area contributed by atoms with E-state index < -0.39 is 0 Å². The van der Waals surface area contributed by atoms with Gasteiger partial charge >= 0.3 is 0 Å². The second kappa shape index (κ2) is 6.79. The van der Waals surface area contributed by atoms with Gasteiger partial charge in [0.1, 0.15) is 0 Å². The van der Waals surface area contributed by atoms with Crippen molar-refractivity contribution in [2.45, 2.75) is 52.4 Å². The van der Waals surface area contributed by atoms with Crippen LogP contribution in [0.25, 0.3) is 0 Å². The monoisotopic (exact) mass is 289 g/mol. The van der Waals surface area contributed by atoms with Gasteiger partial charge in [0.05, 0.1) is 7.85 Å². The van der Waals surface area contributed by atoms with E-state index in [-0.39, 0.29) is 5.92 Å². The van der Waals surface area contributed by atoms with Gasteiger partial charge in [-0.3, -0.25) is 4.79 Å². The predicted molar refractivity (Wildman–Crippen MR) is 86.4 cm³/mol. The third kappa shape index (κ3) is 3.28. The van der Waals surface area contributed by atoms with E-state index in [4.69, 9.17) is 7.85 Å². The van der Waals surface area contributed by atoms with Crippen molar-refractivity contribution in [1.82, 2.24) is 4.90 Å². The summed E-state index contributed by atoms with van der Waals surface area (Å²) in [5.41, 5.74) is 1.35. The molecule has 0 N–H and O–H groups in total. The zero-order valence-electron chi connectivity index (χ0n) is 12.8. The molecule has 2 radical (unpaired) electrons. The molecule has 1 aliphatic rings. The van der Waals surface area contributed by atoms with Crippen molar-refractivity contribution in [3.8, 4) is 0 Å². The van der Waals surface area contributed by atoms with Gasteiger partial charge < -0.3 is 4.90 Å². The summed E-state index contributed by atoms with van der Waals surface area (Å²) >= 11 is 1.84. The molecule has 108 valence electrons. The van der Waals surface area contributed by atoms with Crippen LogP contribution < -0.4 is 0 Å². The molecule has 2 nitrogen and oxygen atoms in total. The van der Waals surface area contributed by atoms with E-state index >= 15 is 0 Å². The molecule has 1 fully saturated rings. The van der Waals surface area contributed by atoms with E-state index in [1.807, 2.05) is 16.2 Å². The van der Waals surface area contributed by atoms with Gasteiger partial charge in [0.15, 0.2) is 0 Å². The summed E-state index contributed by atoms with van der Waals surface area (Å²) in [6, 6.07) is 2.65. The smallest absolute Gasteiger partial charge is 0.225 e. The van der Waals surface area contributed by atoms with Crippen LogP contribution in [0.4, 0.5) is 0 Å². The summed E-state index contributed by atoms with van der Waals surface area (Å²) in [4.78, 5) is 15.7. The van der Waals surface area contributed by atoms with E-state index in [1.54, 1.807) is 0 Å². The summed E-state index contributed by atoms with van der Waals surface area (Å²) in [5.74, 6) is 0.884. The van der Waals surface area contributed by atoms with Crippen LogP contribution >= 0.6 is 11.3 Å². The summed E-state index contributed by atoms with van der Waals surface area (Å²) in [6.07, 6.45) is 3.93. The highest BCUT2D eigenvalue weighted by atomic mass is 32.1. The Labute approximate surface area is 128 Å². The molecule has 0 aliphatic carbocycles. The van der Waals surface area contributed by atoms with Gasteiger partial charge in [-0.25, -0.2) is 0 Å². The lowest BCUT2D eigenvalue weighted by atomic mass is 9.90. The number of rotatable bonds is 6. The molecular weight excluding hydrogens is 265 g/mol. The molecule has 1 aromatic heterocycles. The van der Waals surface area contributed by atoms with E-state index in [2.05, 4.69) is 32.2 Å². The van der Waals surface area contributed by atoms with Gasteiger partial charge in [0, 0.05) is 23.4 Å². The van der Waals surface area contributed by atoms with Crippen molar-refractivity contribution in [3.05, 3.63) is 21.9 Å². The molecular formula is C16H24BNOS. The number of aryl methyl sites for hydroxylation is 2. The van der Waals surface area contributed by atoms with Gasteiger partial charge in [0.2, 0.25) is 5.91 Å². The lowest BCUT2D eigenvalue weighted by Gasteiger charge is -2.26. The topological polar surface area (TPSA) is 20.3 Å². The summed E-state index contributed by atoms with van der Waals surface area (Å²) in [7, 11) is 5.65. The third-order valence-corrected chi connectivity index (χ3v) is 5.66. The summed E-state index contributed by atoms with van der Waals surface area (Å²) in [6.45, 7) is 7.11. The van der Waals surface area contributed by atoms with Crippen LogP contribution in [0.5, 0.6) is 0 Å². The Balaban J connectivity index is 1.90. The fourth-order valence-corrected chi connectivity index (χ4v) is 4.13. The lowest BCUT2D eigenvalue weighted by molar-refractivity contribution is -0.131. The van der Waals surface area contributed by atoms with Gasteiger partial charge in [-0.15, -0.1) is 11.3 Å². The standard InChI is InChI=1S/C16H24BNOS/c1-11-9-14(20-10-11)5-4-6-15-12(2)13(3)16(19)18(15)8-7-17/h9-10,12-13,15H,4-8H2,1-3H3. The molecule has 1 aliphatic heterocycles. The van der Waals surface area contributed by atoms with Crippen molar-refractivity contribution < 1.29 is 4.79 Å². The second-order valence-electron chi connectivity index (χ2n) is 6.02. The highest BCUT2D eigenvalue weighted by Gasteiger charge is 2.41. The molecule has 3 atom stereocenters. The fraction of sp³-hybridized carbons (Fsp3) is 0.688.